The minimum Gasteiger partial charge on any atom is -0.496 e. The van der Waals surface area contributed by atoms with Crippen LogP contribution in [0.4, 0.5) is 5.69 Å². The number of nitrogens with one attached hydrogen (secondary N) is 1. The topological polar surface area (TPSA) is 103 Å². The molecule has 1 saturated heterocycles. The van der Waals surface area contributed by atoms with Crippen LogP contribution in [0.3, 0.4) is 0 Å². The second-order valence-electron chi connectivity index (χ2n) is 4.69. The summed E-state index contributed by atoms with van der Waals surface area (Å²) in [6.45, 7) is 0.709. The van der Waals surface area contributed by atoms with Crippen molar-refractivity contribution in [2.24, 2.45) is 0 Å². The number of nitro benzene ring substituents is 1. The Hall–Kier alpha value is -2.48. The number of hydrogen-bond acceptors (Lipinski definition) is 6. The summed E-state index contributed by atoms with van der Waals surface area (Å²) in [6, 6.07) is 4.33. The number of H-pyrrole nitrogens is 1. The molecular formula is C13H14N4O4. The van der Waals surface area contributed by atoms with Gasteiger partial charge in [0.2, 0.25) is 0 Å². The molecule has 0 bridgehead atoms. The largest absolute Gasteiger partial charge is 0.496 e. The third-order valence-corrected chi connectivity index (χ3v) is 3.37. The molecule has 1 aliphatic rings. The van der Waals surface area contributed by atoms with Crippen LogP contribution in [-0.2, 0) is 4.74 Å². The molecule has 8 heteroatoms. The zero-order valence-electron chi connectivity index (χ0n) is 11.4. The fraction of sp³-hybridized carbons (Fsp3) is 0.385. The maximum absolute atomic E-state index is 10.9. The van der Waals surface area contributed by atoms with Crippen molar-refractivity contribution in [3.05, 3.63) is 34.1 Å². The van der Waals surface area contributed by atoms with Crippen molar-refractivity contribution in [1.82, 2.24) is 15.2 Å². The van der Waals surface area contributed by atoms with Gasteiger partial charge in [0, 0.05) is 18.7 Å². The van der Waals surface area contributed by atoms with Crippen LogP contribution in [0.15, 0.2) is 18.2 Å². The van der Waals surface area contributed by atoms with Gasteiger partial charge in [0.1, 0.15) is 11.9 Å². The third-order valence-electron chi connectivity index (χ3n) is 3.37. The summed E-state index contributed by atoms with van der Waals surface area (Å²) in [5, 5.41) is 17.9. The van der Waals surface area contributed by atoms with Gasteiger partial charge in [-0.25, -0.2) is 4.98 Å². The van der Waals surface area contributed by atoms with Gasteiger partial charge in [-0.1, -0.05) is 0 Å². The molecular weight excluding hydrogens is 276 g/mol. The van der Waals surface area contributed by atoms with Gasteiger partial charge in [-0.3, -0.25) is 15.2 Å². The van der Waals surface area contributed by atoms with Crippen LogP contribution in [-0.4, -0.2) is 33.8 Å². The molecule has 0 amide bonds. The number of benzene rings is 1. The van der Waals surface area contributed by atoms with Crippen LogP contribution >= 0.6 is 0 Å². The van der Waals surface area contributed by atoms with E-state index < -0.39 is 4.92 Å². The number of nitro groups is 1. The van der Waals surface area contributed by atoms with Crippen LogP contribution < -0.4 is 4.74 Å². The Morgan fingerprint density at radius 2 is 2.38 bits per heavy atom. The van der Waals surface area contributed by atoms with Gasteiger partial charge in [-0.05, 0) is 18.9 Å². The molecule has 2 aromatic rings. The average molecular weight is 290 g/mol. The molecule has 1 atom stereocenters. The highest BCUT2D eigenvalue weighted by atomic mass is 16.6. The Morgan fingerprint density at radius 1 is 1.52 bits per heavy atom. The molecule has 1 aromatic carbocycles. The van der Waals surface area contributed by atoms with Crippen LogP contribution in [0.1, 0.15) is 24.8 Å². The van der Waals surface area contributed by atoms with Gasteiger partial charge in [0.25, 0.3) is 5.69 Å². The molecule has 1 aromatic heterocycles. The van der Waals surface area contributed by atoms with Crippen molar-refractivity contribution in [2.75, 3.05) is 13.7 Å². The molecule has 8 nitrogen and oxygen atoms in total. The zero-order chi connectivity index (χ0) is 14.8. The lowest BCUT2D eigenvalue weighted by molar-refractivity contribution is -0.384. The molecule has 1 fully saturated rings. The highest BCUT2D eigenvalue weighted by Gasteiger charge is 2.23. The second-order valence-corrected chi connectivity index (χ2v) is 4.69. The van der Waals surface area contributed by atoms with Gasteiger partial charge in [-0.15, -0.1) is 0 Å². The molecule has 0 radical (unpaired) electrons. The summed E-state index contributed by atoms with van der Waals surface area (Å²) in [5.41, 5.74) is 0.446. The minimum atomic E-state index is -0.462. The number of non-ortho nitro benzene ring substituents is 1. The van der Waals surface area contributed by atoms with Crippen molar-refractivity contribution < 1.29 is 14.4 Å². The van der Waals surface area contributed by atoms with Crippen LogP contribution in [0.2, 0.25) is 0 Å². The lowest BCUT2D eigenvalue weighted by Gasteiger charge is -2.05. The molecule has 3 rings (SSSR count). The number of aromatic nitrogens is 3. The van der Waals surface area contributed by atoms with Gasteiger partial charge in [0.15, 0.2) is 11.6 Å². The van der Waals surface area contributed by atoms with Crippen molar-refractivity contribution in [1.29, 1.82) is 0 Å². The zero-order valence-corrected chi connectivity index (χ0v) is 11.4. The SMILES string of the molecule is COc1ccc([N+](=O)[O-])cc1-c1n[nH]c(C2CCCO2)n1. The summed E-state index contributed by atoms with van der Waals surface area (Å²) in [4.78, 5) is 14.8. The number of ether oxygens (including phenoxy) is 2. The lowest BCUT2D eigenvalue weighted by atomic mass is 10.1. The first-order chi connectivity index (χ1) is 10.2. The van der Waals surface area contributed by atoms with E-state index in [2.05, 4.69) is 15.2 Å². The van der Waals surface area contributed by atoms with E-state index in [0.717, 1.165) is 12.8 Å². The molecule has 0 aliphatic carbocycles. The molecule has 1 unspecified atom stereocenters. The third kappa shape index (κ3) is 2.57. The molecule has 21 heavy (non-hydrogen) atoms. The van der Waals surface area contributed by atoms with E-state index in [0.29, 0.717) is 29.6 Å². The van der Waals surface area contributed by atoms with E-state index in [-0.39, 0.29) is 11.8 Å². The maximum atomic E-state index is 10.9. The summed E-state index contributed by atoms with van der Waals surface area (Å²) in [6.07, 6.45) is 1.79. The number of rotatable bonds is 4. The Labute approximate surface area is 120 Å². The summed E-state index contributed by atoms with van der Waals surface area (Å²) in [7, 11) is 1.50. The lowest BCUT2D eigenvalue weighted by Crippen LogP contribution is -1.98. The highest BCUT2D eigenvalue weighted by molar-refractivity contribution is 5.67. The Kier molecular flexibility index (Phi) is 3.53. The standard InChI is InChI=1S/C13H14N4O4/c1-20-10-5-4-8(17(18)19)7-9(10)12-14-13(16-15-12)11-3-2-6-21-11/h4-5,7,11H,2-3,6H2,1H3,(H,14,15,16). The fourth-order valence-corrected chi connectivity index (χ4v) is 2.32. The highest BCUT2D eigenvalue weighted by Crippen LogP contribution is 2.33. The minimum absolute atomic E-state index is 0.0331. The van der Waals surface area contributed by atoms with Crippen molar-refractivity contribution in [3.63, 3.8) is 0 Å². The number of methoxy groups -OCH3 is 1. The predicted molar refractivity (Wildman–Crippen MR) is 73.0 cm³/mol. The monoisotopic (exact) mass is 290 g/mol. The molecule has 1 N–H and O–H groups in total. The van der Waals surface area contributed by atoms with Crippen molar-refractivity contribution in [2.45, 2.75) is 18.9 Å². The summed E-state index contributed by atoms with van der Waals surface area (Å²) >= 11 is 0. The molecule has 110 valence electrons. The normalized spacial score (nSPS) is 17.9. The van der Waals surface area contributed by atoms with Crippen molar-refractivity contribution in [3.8, 4) is 17.1 Å². The first-order valence-electron chi connectivity index (χ1n) is 6.55. The first-order valence-corrected chi connectivity index (χ1v) is 6.55. The molecule has 2 heterocycles. The maximum Gasteiger partial charge on any atom is 0.270 e. The smallest absolute Gasteiger partial charge is 0.270 e. The fourth-order valence-electron chi connectivity index (χ4n) is 2.32. The van der Waals surface area contributed by atoms with E-state index in [1.54, 1.807) is 0 Å². The van der Waals surface area contributed by atoms with Crippen LogP contribution in [0.5, 0.6) is 5.75 Å². The average Bonchev–Trinajstić information content (AvgIpc) is 3.17. The van der Waals surface area contributed by atoms with E-state index in [9.17, 15) is 10.1 Å². The number of nitrogens with zero attached hydrogens (tertiary/aromatic N) is 3. The van der Waals surface area contributed by atoms with Gasteiger partial charge < -0.3 is 9.47 Å². The van der Waals surface area contributed by atoms with Gasteiger partial charge >= 0.3 is 0 Å². The van der Waals surface area contributed by atoms with E-state index in [1.807, 2.05) is 0 Å². The molecule has 0 spiro atoms. The Balaban J connectivity index is 1.98. The predicted octanol–water partition coefficient (Wildman–Crippen LogP) is 2.24. The summed E-state index contributed by atoms with van der Waals surface area (Å²) in [5.74, 6) is 1.48. The van der Waals surface area contributed by atoms with Gasteiger partial charge in [-0.2, -0.15) is 5.10 Å². The Bertz CT molecular complexity index is 664. The van der Waals surface area contributed by atoms with E-state index in [4.69, 9.17) is 9.47 Å². The first kappa shape index (κ1) is 13.5. The van der Waals surface area contributed by atoms with Crippen LogP contribution in [0, 0.1) is 10.1 Å². The van der Waals surface area contributed by atoms with Gasteiger partial charge in [0.05, 0.1) is 17.6 Å². The van der Waals surface area contributed by atoms with E-state index >= 15 is 0 Å². The number of aromatic amines is 1. The summed E-state index contributed by atoms with van der Waals surface area (Å²) < 4.78 is 10.8. The van der Waals surface area contributed by atoms with E-state index in [1.165, 1.54) is 25.3 Å². The second kappa shape index (κ2) is 5.49. The van der Waals surface area contributed by atoms with Crippen molar-refractivity contribution >= 4 is 5.69 Å². The quantitative estimate of drug-likeness (QED) is 0.684. The van der Waals surface area contributed by atoms with Crippen LogP contribution in [0.25, 0.3) is 11.4 Å². The Morgan fingerprint density at radius 3 is 3.05 bits per heavy atom. The molecule has 1 aliphatic heterocycles. The number of hydrogen-bond donors (Lipinski definition) is 1. The molecule has 0 saturated carbocycles.